The van der Waals surface area contributed by atoms with Gasteiger partial charge in [-0.25, -0.2) is 0 Å². The zero-order chi connectivity index (χ0) is 19.3. The Kier molecular flexibility index (Phi) is 7.18. The molecule has 0 saturated carbocycles. The number of aldehydes is 1. The normalized spacial score (nSPS) is 24.1. The third-order valence-electron chi connectivity index (χ3n) is 4.98. The summed E-state index contributed by atoms with van der Waals surface area (Å²) in [6.07, 6.45) is 7.60. The van der Waals surface area contributed by atoms with Crippen LogP contribution in [0.2, 0.25) is 0 Å². The Morgan fingerprint density at radius 1 is 1.15 bits per heavy atom. The van der Waals surface area contributed by atoms with E-state index in [9.17, 15) is 9.90 Å². The zero-order valence-corrected chi connectivity index (χ0v) is 16.4. The molecule has 0 aromatic heterocycles. The molecule has 1 aromatic rings. The molecule has 1 N–H and O–H groups in total. The Bertz CT molecular complexity index is 692. The summed E-state index contributed by atoms with van der Waals surface area (Å²) in [5, 5.41) is 10.1. The molecular formula is C22H30O4. The molecule has 1 fully saturated rings. The molecule has 0 bridgehead atoms. The van der Waals surface area contributed by atoms with Gasteiger partial charge in [-0.15, -0.1) is 0 Å². The lowest BCUT2D eigenvalue weighted by molar-refractivity contribution is -0.0334. The van der Waals surface area contributed by atoms with E-state index in [1.807, 2.05) is 27.7 Å². The van der Waals surface area contributed by atoms with Gasteiger partial charge in [0, 0.05) is 5.56 Å². The second kappa shape index (κ2) is 9.15. The number of ether oxygens (including phenoxy) is 2. The Morgan fingerprint density at radius 3 is 2.42 bits per heavy atom. The van der Waals surface area contributed by atoms with Crippen LogP contribution in [0.1, 0.15) is 62.0 Å². The smallest absolute Gasteiger partial charge is 0.180 e. The summed E-state index contributed by atoms with van der Waals surface area (Å²) >= 11 is 0. The second-order valence-electron chi connectivity index (χ2n) is 7.21. The van der Waals surface area contributed by atoms with Crippen molar-refractivity contribution in [3.05, 3.63) is 52.1 Å². The fourth-order valence-electron chi connectivity index (χ4n) is 2.91. The Balaban J connectivity index is 1.89. The number of phenolic OH excluding ortho intramolecular Hbond substituents is 1. The molecule has 2 rings (SSSR count). The standard InChI is InChI=1S/C22H30O4/c1-14(7-6-8-15(2)22-25-17(4)18(5)26-22)9-10-19-12-20(13-23)16(3)11-21(19)24/h8-9,11-13,17-18,22,24H,6-7,10H2,1-5H3/b14-9+,15-8+. The Morgan fingerprint density at radius 2 is 1.81 bits per heavy atom. The third kappa shape index (κ3) is 5.29. The highest BCUT2D eigenvalue weighted by molar-refractivity contribution is 5.78. The van der Waals surface area contributed by atoms with Crippen LogP contribution in [0.4, 0.5) is 0 Å². The number of hydrogen-bond donors (Lipinski definition) is 1. The first kappa shape index (κ1) is 20.4. The van der Waals surface area contributed by atoms with Crippen LogP contribution < -0.4 is 0 Å². The first-order chi connectivity index (χ1) is 12.3. The van der Waals surface area contributed by atoms with Crippen LogP contribution in [0.3, 0.4) is 0 Å². The minimum Gasteiger partial charge on any atom is -0.508 e. The van der Waals surface area contributed by atoms with Gasteiger partial charge in [-0.2, -0.15) is 0 Å². The van der Waals surface area contributed by atoms with Crippen LogP contribution in [-0.2, 0) is 15.9 Å². The summed E-state index contributed by atoms with van der Waals surface area (Å²) in [6.45, 7) is 10.0. The van der Waals surface area contributed by atoms with Crippen molar-refractivity contribution < 1.29 is 19.4 Å². The van der Waals surface area contributed by atoms with E-state index in [1.54, 1.807) is 12.1 Å². The molecule has 142 valence electrons. The van der Waals surface area contributed by atoms with Crippen molar-refractivity contribution in [2.75, 3.05) is 0 Å². The Hall–Kier alpha value is -1.91. The van der Waals surface area contributed by atoms with E-state index in [0.29, 0.717) is 12.0 Å². The molecule has 0 radical (unpaired) electrons. The maximum atomic E-state index is 11.1. The quantitative estimate of drug-likeness (QED) is 0.557. The summed E-state index contributed by atoms with van der Waals surface area (Å²) in [7, 11) is 0. The number of hydrogen-bond acceptors (Lipinski definition) is 4. The largest absolute Gasteiger partial charge is 0.508 e. The Labute approximate surface area is 156 Å². The fourth-order valence-corrected chi connectivity index (χ4v) is 2.91. The minimum atomic E-state index is -0.226. The lowest BCUT2D eigenvalue weighted by Gasteiger charge is -2.10. The van der Waals surface area contributed by atoms with Crippen molar-refractivity contribution in [2.45, 2.75) is 72.4 Å². The number of phenols is 1. The van der Waals surface area contributed by atoms with E-state index in [2.05, 4.69) is 19.1 Å². The lowest BCUT2D eigenvalue weighted by Crippen LogP contribution is -2.13. The summed E-state index contributed by atoms with van der Waals surface area (Å²) in [4.78, 5) is 11.1. The number of carbonyl (C=O) groups excluding carboxylic acids is 1. The van der Waals surface area contributed by atoms with E-state index in [-0.39, 0.29) is 24.2 Å². The van der Waals surface area contributed by atoms with E-state index < -0.39 is 0 Å². The number of benzene rings is 1. The molecule has 1 saturated heterocycles. The molecule has 0 amide bonds. The number of aryl methyl sites for hydroxylation is 1. The van der Waals surface area contributed by atoms with Gasteiger partial charge in [0.25, 0.3) is 0 Å². The average molecular weight is 358 g/mol. The number of rotatable bonds is 7. The number of aromatic hydroxyl groups is 1. The predicted molar refractivity (Wildman–Crippen MR) is 104 cm³/mol. The van der Waals surface area contributed by atoms with Crippen molar-refractivity contribution in [3.63, 3.8) is 0 Å². The first-order valence-electron chi connectivity index (χ1n) is 9.22. The van der Waals surface area contributed by atoms with Gasteiger partial charge in [0.1, 0.15) is 12.0 Å². The molecule has 4 nitrogen and oxygen atoms in total. The van der Waals surface area contributed by atoms with Gasteiger partial charge in [0.2, 0.25) is 0 Å². The predicted octanol–water partition coefficient (Wildman–Crippen LogP) is 4.88. The van der Waals surface area contributed by atoms with Crippen molar-refractivity contribution in [2.24, 2.45) is 0 Å². The average Bonchev–Trinajstić information content (AvgIpc) is 2.93. The summed E-state index contributed by atoms with van der Waals surface area (Å²) in [5.74, 6) is 0.242. The second-order valence-corrected chi connectivity index (χ2v) is 7.21. The summed E-state index contributed by atoms with van der Waals surface area (Å²) in [5.41, 5.74) is 4.56. The molecule has 1 heterocycles. The van der Waals surface area contributed by atoms with E-state index in [4.69, 9.17) is 9.47 Å². The van der Waals surface area contributed by atoms with Crippen molar-refractivity contribution >= 4 is 6.29 Å². The van der Waals surface area contributed by atoms with Gasteiger partial charge in [0.15, 0.2) is 6.29 Å². The summed E-state index contributed by atoms with van der Waals surface area (Å²) < 4.78 is 11.6. The molecule has 26 heavy (non-hydrogen) atoms. The van der Waals surface area contributed by atoms with Gasteiger partial charge in [-0.1, -0.05) is 17.7 Å². The van der Waals surface area contributed by atoms with Gasteiger partial charge < -0.3 is 14.6 Å². The van der Waals surface area contributed by atoms with Crippen LogP contribution in [0.25, 0.3) is 0 Å². The molecule has 1 aromatic carbocycles. The fraction of sp³-hybridized carbons (Fsp3) is 0.500. The minimum absolute atomic E-state index is 0.128. The third-order valence-corrected chi connectivity index (χ3v) is 4.98. The van der Waals surface area contributed by atoms with Crippen LogP contribution in [0.5, 0.6) is 5.75 Å². The molecule has 4 heteroatoms. The topological polar surface area (TPSA) is 55.8 Å². The highest BCUT2D eigenvalue weighted by Crippen LogP contribution is 2.25. The van der Waals surface area contributed by atoms with Gasteiger partial charge >= 0.3 is 0 Å². The SMILES string of the molecule is C/C(=C\Cc1cc(C=O)c(C)cc1O)CC/C=C(\C)C1OC(C)C(C)O1. The van der Waals surface area contributed by atoms with E-state index in [0.717, 1.165) is 35.8 Å². The van der Waals surface area contributed by atoms with Crippen LogP contribution in [0.15, 0.2) is 35.4 Å². The van der Waals surface area contributed by atoms with E-state index >= 15 is 0 Å². The van der Waals surface area contributed by atoms with Crippen LogP contribution in [-0.4, -0.2) is 29.9 Å². The molecule has 2 atom stereocenters. The molecule has 0 spiro atoms. The molecule has 1 aliphatic heterocycles. The summed E-state index contributed by atoms with van der Waals surface area (Å²) in [6, 6.07) is 3.42. The van der Waals surface area contributed by atoms with Crippen molar-refractivity contribution in [3.8, 4) is 5.75 Å². The van der Waals surface area contributed by atoms with Crippen LogP contribution >= 0.6 is 0 Å². The maximum Gasteiger partial charge on any atom is 0.180 e. The molecule has 2 unspecified atom stereocenters. The molecule has 0 aliphatic carbocycles. The van der Waals surface area contributed by atoms with Crippen LogP contribution in [0, 0.1) is 6.92 Å². The lowest BCUT2D eigenvalue weighted by atomic mass is 10.0. The molecular weight excluding hydrogens is 328 g/mol. The first-order valence-corrected chi connectivity index (χ1v) is 9.22. The van der Waals surface area contributed by atoms with Crippen molar-refractivity contribution in [1.29, 1.82) is 0 Å². The molecule has 1 aliphatic rings. The number of carbonyl (C=O) groups is 1. The number of allylic oxidation sites excluding steroid dienone is 3. The van der Waals surface area contributed by atoms with Gasteiger partial charge in [0.05, 0.1) is 12.2 Å². The van der Waals surface area contributed by atoms with E-state index in [1.165, 1.54) is 5.57 Å². The maximum absolute atomic E-state index is 11.1. The van der Waals surface area contributed by atoms with Crippen molar-refractivity contribution in [1.82, 2.24) is 0 Å². The van der Waals surface area contributed by atoms with Gasteiger partial charge in [-0.3, -0.25) is 4.79 Å². The highest BCUT2D eigenvalue weighted by Gasteiger charge is 2.30. The highest BCUT2D eigenvalue weighted by atomic mass is 16.7. The monoisotopic (exact) mass is 358 g/mol. The zero-order valence-electron chi connectivity index (χ0n) is 16.4. The van der Waals surface area contributed by atoms with Gasteiger partial charge in [-0.05, 0) is 82.7 Å².